The molecule has 9 heteroatoms. The first-order valence-corrected chi connectivity index (χ1v) is 12.7. The first-order valence-electron chi connectivity index (χ1n) is 11.8. The summed E-state index contributed by atoms with van der Waals surface area (Å²) in [5, 5.41) is 8.88. The van der Waals surface area contributed by atoms with E-state index in [0.29, 0.717) is 19.0 Å². The Morgan fingerprint density at radius 1 is 1.06 bits per heavy atom. The van der Waals surface area contributed by atoms with Gasteiger partial charge in [0.2, 0.25) is 0 Å². The van der Waals surface area contributed by atoms with E-state index in [9.17, 15) is 0 Å². The Labute approximate surface area is 207 Å². The number of ether oxygens (including phenoxy) is 2. The molecule has 6 rings (SSSR count). The van der Waals surface area contributed by atoms with E-state index in [2.05, 4.69) is 63.6 Å². The minimum Gasteiger partial charge on any atom is -0.489 e. The van der Waals surface area contributed by atoms with Gasteiger partial charge < -0.3 is 14.8 Å². The van der Waals surface area contributed by atoms with Gasteiger partial charge in [0.05, 0.1) is 46.0 Å². The molecule has 0 spiro atoms. The van der Waals surface area contributed by atoms with E-state index in [1.54, 1.807) is 17.7 Å². The van der Waals surface area contributed by atoms with Crippen LogP contribution in [-0.4, -0.2) is 44.1 Å². The lowest BCUT2D eigenvalue weighted by Gasteiger charge is -2.24. The standard InChI is InChI=1S/C26H26N6O2S/c1-16(2)32-13-18(12-30-32)17-9-22-25(23(10-17)34-20-5-7-33-8-6-20)26(28-14-27-22)31-19-3-4-21-24(11-19)35-15-29-21/h3-4,9-16,20H,5-8H2,1-2H3,(H,27,28,31). The summed E-state index contributed by atoms with van der Waals surface area (Å²) in [6.45, 7) is 5.65. The maximum atomic E-state index is 6.59. The second kappa shape index (κ2) is 9.24. The van der Waals surface area contributed by atoms with Crippen LogP contribution in [0.1, 0.15) is 32.7 Å². The van der Waals surface area contributed by atoms with Crippen molar-refractivity contribution in [2.45, 2.75) is 38.8 Å². The number of hydrogen-bond acceptors (Lipinski definition) is 8. The van der Waals surface area contributed by atoms with Gasteiger partial charge in [-0.2, -0.15) is 5.10 Å². The fourth-order valence-electron chi connectivity index (χ4n) is 4.32. The van der Waals surface area contributed by atoms with Gasteiger partial charge in [-0.25, -0.2) is 15.0 Å². The van der Waals surface area contributed by atoms with Crippen LogP contribution in [0.15, 0.2) is 54.6 Å². The molecule has 1 aliphatic rings. The van der Waals surface area contributed by atoms with Crippen LogP contribution in [0.5, 0.6) is 5.75 Å². The molecule has 0 radical (unpaired) electrons. The average molecular weight is 487 g/mol. The van der Waals surface area contributed by atoms with Crippen LogP contribution in [0.25, 0.3) is 32.2 Å². The van der Waals surface area contributed by atoms with Gasteiger partial charge in [-0.3, -0.25) is 4.68 Å². The number of thiazole rings is 1. The molecule has 4 heterocycles. The van der Waals surface area contributed by atoms with Crippen LogP contribution in [0, 0.1) is 0 Å². The molecule has 0 aliphatic carbocycles. The summed E-state index contributed by atoms with van der Waals surface area (Å²) in [5.74, 6) is 1.48. The van der Waals surface area contributed by atoms with Crippen LogP contribution >= 0.6 is 11.3 Å². The second-order valence-corrected chi connectivity index (χ2v) is 9.87. The zero-order valence-electron chi connectivity index (χ0n) is 19.6. The SMILES string of the molecule is CC(C)n1cc(-c2cc(OC3CCOCC3)c3c(Nc4ccc5ncsc5c4)ncnc3c2)cn1. The topological polar surface area (TPSA) is 87.0 Å². The number of aromatic nitrogens is 5. The number of nitrogens with one attached hydrogen (secondary N) is 1. The van der Waals surface area contributed by atoms with Crippen molar-refractivity contribution in [2.75, 3.05) is 18.5 Å². The van der Waals surface area contributed by atoms with E-state index in [1.807, 2.05) is 28.5 Å². The number of anilines is 2. The molecule has 2 aromatic carbocycles. The third-order valence-electron chi connectivity index (χ3n) is 6.22. The molecule has 0 unspecified atom stereocenters. The van der Waals surface area contributed by atoms with Gasteiger partial charge in [-0.05, 0) is 49.7 Å². The fourth-order valence-corrected chi connectivity index (χ4v) is 5.04. The summed E-state index contributed by atoms with van der Waals surface area (Å²) in [5.41, 5.74) is 6.66. The van der Waals surface area contributed by atoms with Gasteiger partial charge in [0.25, 0.3) is 0 Å². The lowest BCUT2D eigenvalue weighted by molar-refractivity contribution is 0.0262. The lowest BCUT2D eigenvalue weighted by Crippen LogP contribution is -2.26. The van der Waals surface area contributed by atoms with Crippen molar-refractivity contribution < 1.29 is 9.47 Å². The minimum absolute atomic E-state index is 0.0854. The fraction of sp³-hybridized carbons (Fsp3) is 0.308. The third kappa shape index (κ3) is 4.44. The summed E-state index contributed by atoms with van der Waals surface area (Å²) >= 11 is 1.62. The molecule has 1 fully saturated rings. The lowest BCUT2D eigenvalue weighted by atomic mass is 10.1. The highest BCUT2D eigenvalue weighted by Crippen LogP contribution is 2.38. The maximum Gasteiger partial charge on any atom is 0.145 e. The first kappa shape index (κ1) is 21.9. The van der Waals surface area contributed by atoms with Gasteiger partial charge in [-0.15, -0.1) is 11.3 Å². The molecule has 0 bridgehead atoms. The number of benzene rings is 2. The monoisotopic (exact) mass is 486 g/mol. The van der Waals surface area contributed by atoms with E-state index in [0.717, 1.165) is 56.5 Å². The van der Waals surface area contributed by atoms with Gasteiger partial charge >= 0.3 is 0 Å². The van der Waals surface area contributed by atoms with E-state index in [1.165, 1.54) is 0 Å². The van der Waals surface area contributed by atoms with E-state index in [-0.39, 0.29) is 12.1 Å². The van der Waals surface area contributed by atoms with Crippen molar-refractivity contribution in [3.8, 4) is 16.9 Å². The number of fused-ring (bicyclic) bond motifs is 2. The molecule has 178 valence electrons. The van der Waals surface area contributed by atoms with E-state index >= 15 is 0 Å². The van der Waals surface area contributed by atoms with Crippen LogP contribution in [-0.2, 0) is 4.74 Å². The van der Waals surface area contributed by atoms with Crippen molar-refractivity contribution in [3.05, 3.63) is 54.6 Å². The normalized spacial score (nSPS) is 14.7. The largest absolute Gasteiger partial charge is 0.489 e. The predicted octanol–water partition coefficient (Wildman–Crippen LogP) is 5.99. The molecule has 1 aliphatic heterocycles. The van der Waals surface area contributed by atoms with Crippen molar-refractivity contribution in [1.82, 2.24) is 24.7 Å². The Hall–Kier alpha value is -3.56. The Balaban J connectivity index is 1.45. The van der Waals surface area contributed by atoms with E-state index < -0.39 is 0 Å². The van der Waals surface area contributed by atoms with Crippen LogP contribution < -0.4 is 10.1 Å². The van der Waals surface area contributed by atoms with Crippen molar-refractivity contribution >= 4 is 44.0 Å². The van der Waals surface area contributed by atoms with Gasteiger partial charge in [0, 0.05) is 36.3 Å². The quantitative estimate of drug-likeness (QED) is 0.316. The molecule has 3 aromatic heterocycles. The molecule has 35 heavy (non-hydrogen) atoms. The Morgan fingerprint density at radius 2 is 1.94 bits per heavy atom. The van der Waals surface area contributed by atoms with Gasteiger partial charge in [-0.1, -0.05) is 0 Å². The highest BCUT2D eigenvalue weighted by atomic mass is 32.1. The molecule has 1 N–H and O–H groups in total. The Morgan fingerprint density at radius 3 is 2.77 bits per heavy atom. The summed E-state index contributed by atoms with van der Waals surface area (Å²) in [7, 11) is 0. The molecule has 0 saturated carbocycles. The minimum atomic E-state index is 0.0854. The smallest absolute Gasteiger partial charge is 0.145 e. The zero-order valence-corrected chi connectivity index (χ0v) is 20.5. The van der Waals surface area contributed by atoms with Gasteiger partial charge in [0.15, 0.2) is 0 Å². The number of nitrogens with zero attached hydrogens (tertiary/aromatic N) is 5. The maximum absolute atomic E-state index is 6.59. The van der Waals surface area contributed by atoms with Crippen LogP contribution in [0.3, 0.4) is 0 Å². The number of hydrogen-bond donors (Lipinski definition) is 1. The Kier molecular flexibility index (Phi) is 5.79. The summed E-state index contributed by atoms with van der Waals surface area (Å²) in [6.07, 6.45) is 7.35. The van der Waals surface area contributed by atoms with Crippen molar-refractivity contribution in [3.63, 3.8) is 0 Å². The van der Waals surface area contributed by atoms with Gasteiger partial charge in [0.1, 0.15) is 24.0 Å². The van der Waals surface area contributed by atoms with Crippen LogP contribution in [0.2, 0.25) is 0 Å². The summed E-state index contributed by atoms with van der Waals surface area (Å²) < 4.78 is 15.2. The molecule has 5 aromatic rings. The second-order valence-electron chi connectivity index (χ2n) is 8.98. The first-order chi connectivity index (χ1) is 17.1. The molecular weight excluding hydrogens is 460 g/mol. The average Bonchev–Trinajstić information content (AvgIpc) is 3.54. The molecule has 1 saturated heterocycles. The Bertz CT molecular complexity index is 1490. The highest BCUT2D eigenvalue weighted by Gasteiger charge is 2.20. The zero-order chi connectivity index (χ0) is 23.8. The summed E-state index contributed by atoms with van der Waals surface area (Å²) in [4.78, 5) is 13.6. The molecule has 8 nitrogen and oxygen atoms in total. The number of rotatable bonds is 6. The predicted molar refractivity (Wildman–Crippen MR) is 139 cm³/mol. The van der Waals surface area contributed by atoms with Crippen molar-refractivity contribution in [1.29, 1.82) is 0 Å². The third-order valence-corrected chi connectivity index (χ3v) is 7.01. The summed E-state index contributed by atoms with van der Waals surface area (Å²) in [6, 6.07) is 10.6. The van der Waals surface area contributed by atoms with Crippen molar-refractivity contribution in [2.24, 2.45) is 0 Å². The van der Waals surface area contributed by atoms with Crippen LogP contribution in [0.4, 0.5) is 11.5 Å². The van der Waals surface area contributed by atoms with E-state index in [4.69, 9.17) is 9.47 Å². The molecule has 0 atom stereocenters. The molecule has 0 amide bonds. The molecular formula is C26H26N6O2S. The highest BCUT2D eigenvalue weighted by molar-refractivity contribution is 7.16.